The lowest BCUT2D eigenvalue weighted by molar-refractivity contribution is -0.129. The fourth-order valence-electron chi connectivity index (χ4n) is 3.01. The van der Waals surface area contributed by atoms with Crippen LogP contribution in [0.25, 0.3) is 5.65 Å². The number of fused-ring (bicyclic) bond motifs is 1. The molecule has 1 amide bonds. The van der Waals surface area contributed by atoms with E-state index in [1.807, 2.05) is 35.1 Å². The number of amides is 1. The maximum Gasteiger partial charge on any atom is 0.236 e. The standard InChI is InChI=1S/C20H23ClFN5OS/c1-26(13-14-15(21)6-5-7-16(14)22)19(28)12-23-17(9-11-29-2)20-25-24-18-8-3-4-10-27(18)20/h3-8,10,17,23H,9,11-13H2,1-2H3. The second-order valence-corrected chi connectivity index (χ2v) is 8.04. The summed E-state index contributed by atoms with van der Waals surface area (Å²) in [6.45, 7) is 0.207. The third kappa shape index (κ3) is 5.26. The number of halogens is 2. The maximum atomic E-state index is 14.0. The van der Waals surface area contributed by atoms with Crippen molar-refractivity contribution in [2.75, 3.05) is 25.6 Å². The molecule has 0 radical (unpaired) electrons. The van der Waals surface area contributed by atoms with E-state index in [1.165, 1.54) is 11.0 Å². The minimum atomic E-state index is -0.419. The molecule has 0 aliphatic heterocycles. The number of thioether (sulfide) groups is 1. The third-order valence-electron chi connectivity index (χ3n) is 4.64. The van der Waals surface area contributed by atoms with Crippen LogP contribution in [0.3, 0.4) is 0 Å². The number of benzene rings is 1. The highest BCUT2D eigenvalue weighted by molar-refractivity contribution is 7.98. The molecule has 6 nitrogen and oxygen atoms in total. The summed E-state index contributed by atoms with van der Waals surface area (Å²) >= 11 is 7.80. The lowest BCUT2D eigenvalue weighted by Gasteiger charge is -2.21. The molecule has 1 aromatic carbocycles. The number of likely N-dealkylation sites (N-methyl/N-ethyl adjacent to an activating group) is 1. The van der Waals surface area contributed by atoms with Crippen molar-refractivity contribution in [1.29, 1.82) is 0 Å². The zero-order chi connectivity index (χ0) is 20.8. The van der Waals surface area contributed by atoms with Crippen molar-refractivity contribution in [3.05, 3.63) is 64.8 Å². The summed E-state index contributed by atoms with van der Waals surface area (Å²) in [5, 5.41) is 12.1. The first kappa shape index (κ1) is 21.5. The fourth-order valence-corrected chi connectivity index (χ4v) is 3.70. The van der Waals surface area contributed by atoms with Crippen molar-refractivity contribution < 1.29 is 9.18 Å². The second kappa shape index (κ2) is 10.0. The summed E-state index contributed by atoms with van der Waals surface area (Å²) < 4.78 is 15.9. The van der Waals surface area contributed by atoms with Gasteiger partial charge < -0.3 is 4.90 Å². The smallest absolute Gasteiger partial charge is 0.236 e. The minimum absolute atomic E-state index is 0.101. The number of nitrogens with zero attached hydrogens (tertiary/aromatic N) is 4. The van der Waals surface area contributed by atoms with Crippen LogP contribution in [0, 0.1) is 5.82 Å². The zero-order valence-electron chi connectivity index (χ0n) is 16.3. The SMILES string of the molecule is CSCCC(NCC(=O)N(C)Cc1c(F)cccc1Cl)c1nnc2ccccn12. The number of hydrogen-bond acceptors (Lipinski definition) is 5. The van der Waals surface area contributed by atoms with Crippen molar-refractivity contribution in [1.82, 2.24) is 24.8 Å². The minimum Gasteiger partial charge on any atom is -0.340 e. The van der Waals surface area contributed by atoms with Gasteiger partial charge in [0, 0.05) is 30.4 Å². The van der Waals surface area contributed by atoms with Gasteiger partial charge in [-0.3, -0.25) is 14.5 Å². The fraction of sp³-hybridized carbons (Fsp3) is 0.350. The lowest BCUT2D eigenvalue weighted by atomic mass is 10.2. The van der Waals surface area contributed by atoms with Gasteiger partial charge in [0.25, 0.3) is 0 Å². The van der Waals surface area contributed by atoms with Crippen molar-refractivity contribution in [2.24, 2.45) is 0 Å². The zero-order valence-corrected chi connectivity index (χ0v) is 17.9. The molecule has 0 aliphatic rings. The largest absolute Gasteiger partial charge is 0.340 e. The number of hydrogen-bond donors (Lipinski definition) is 1. The monoisotopic (exact) mass is 435 g/mol. The molecule has 3 rings (SSSR count). The van der Waals surface area contributed by atoms with E-state index in [1.54, 1.807) is 30.9 Å². The highest BCUT2D eigenvalue weighted by Crippen LogP contribution is 2.21. The van der Waals surface area contributed by atoms with Gasteiger partial charge in [0.05, 0.1) is 12.6 Å². The Labute approximate surface area is 178 Å². The summed E-state index contributed by atoms with van der Waals surface area (Å²) in [6, 6.07) is 10.1. The Hall–Kier alpha value is -2.16. The molecular formula is C20H23ClFN5OS. The van der Waals surface area contributed by atoms with E-state index in [2.05, 4.69) is 15.5 Å². The molecule has 0 spiro atoms. The topological polar surface area (TPSA) is 62.5 Å². The Morgan fingerprint density at radius 2 is 2.14 bits per heavy atom. The first-order chi connectivity index (χ1) is 14.0. The number of rotatable bonds is 9. The molecule has 0 saturated carbocycles. The molecule has 0 aliphatic carbocycles. The summed E-state index contributed by atoms with van der Waals surface area (Å²) in [5.41, 5.74) is 1.07. The van der Waals surface area contributed by atoms with E-state index in [-0.39, 0.29) is 25.0 Å². The highest BCUT2D eigenvalue weighted by atomic mass is 35.5. The quantitative estimate of drug-likeness (QED) is 0.556. The Kier molecular flexibility index (Phi) is 7.46. The number of carbonyl (C=O) groups excluding carboxylic acids is 1. The molecule has 154 valence electrons. The molecule has 3 aromatic rings. The van der Waals surface area contributed by atoms with E-state index in [0.717, 1.165) is 23.6 Å². The van der Waals surface area contributed by atoms with Crippen LogP contribution >= 0.6 is 23.4 Å². The molecule has 0 bridgehead atoms. The Balaban J connectivity index is 1.68. The maximum absolute atomic E-state index is 14.0. The van der Waals surface area contributed by atoms with E-state index in [9.17, 15) is 9.18 Å². The van der Waals surface area contributed by atoms with Crippen LogP contribution in [0.15, 0.2) is 42.6 Å². The molecule has 29 heavy (non-hydrogen) atoms. The van der Waals surface area contributed by atoms with E-state index >= 15 is 0 Å². The number of carbonyl (C=O) groups is 1. The molecule has 2 heterocycles. The Morgan fingerprint density at radius 1 is 1.31 bits per heavy atom. The summed E-state index contributed by atoms with van der Waals surface area (Å²) in [7, 11) is 1.64. The molecule has 0 saturated heterocycles. The third-order valence-corrected chi connectivity index (χ3v) is 5.64. The Morgan fingerprint density at radius 3 is 2.90 bits per heavy atom. The van der Waals surface area contributed by atoms with Crippen LogP contribution in [0.1, 0.15) is 23.9 Å². The molecule has 1 atom stereocenters. The van der Waals surface area contributed by atoms with Gasteiger partial charge in [0.1, 0.15) is 5.82 Å². The number of aromatic nitrogens is 3. The van der Waals surface area contributed by atoms with Gasteiger partial charge in [-0.05, 0) is 42.7 Å². The first-order valence-electron chi connectivity index (χ1n) is 9.20. The van der Waals surface area contributed by atoms with Crippen molar-refractivity contribution in [3.8, 4) is 0 Å². The summed E-state index contributed by atoms with van der Waals surface area (Å²) in [5.74, 6) is 1.10. The van der Waals surface area contributed by atoms with E-state index < -0.39 is 5.82 Å². The molecule has 1 unspecified atom stereocenters. The van der Waals surface area contributed by atoms with Crippen LogP contribution in [0.2, 0.25) is 5.02 Å². The molecule has 1 N–H and O–H groups in total. The van der Waals surface area contributed by atoms with Gasteiger partial charge in [-0.25, -0.2) is 4.39 Å². The summed E-state index contributed by atoms with van der Waals surface area (Å²) in [6.07, 6.45) is 4.75. The molecule has 0 fully saturated rings. The Bertz CT molecular complexity index is 962. The highest BCUT2D eigenvalue weighted by Gasteiger charge is 2.20. The van der Waals surface area contributed by atoms with Crippen LogP contribution in [0.4, 0.5) is 4.39 Å². The van der Waals surface area contributed by atoms with Crippen LogP contribution in [0.5, 0.6) is 0 Å². The predicted molar refractivity (Wildman–Crippen MR) is 115 cm³/mol. The van der Waals surface area contributed by atoms with E-state index in [0.29, 0.717) is 10.6 Å². The van der Waals surface area contributed by atoms with Gasteiger partial charge in [0.15, 0.2) is 11.5 Å². The average molecular weight is 436 g/mol. The molecular weight excluding hydrogens is 413 g/mol. The van der Waals surface area contributed by atoms with Gasteiger partial charge in [0.2, 0.25) is 5.91 Å². The second-order valence-electron chi connectivity index (χ2n) is 6.65. The lowest BCUT2D eigenvalue weighted by Crippen LogP contribution is -2.37. The van der Waals surface area contributed by atoms with Gasteiger partial charge in [-0.1, -0.05) is 23.7 Å². The van der Waals surface area contributed by atoms with Crippen LogP contribution < -0.4 is 5.32 Å². The molecule has 2 aromatic heterocycles. The van der Waals surface area contributed by atoms with Crippen molar-refractivity contribution in [2.45, 2.75) is 19.0 Å². The number of pyridine rings is 1. The number of nitrogens with one attached hydrogen (secondary N) is 1. The van der Waals surface area contributed by atoms with Gasteiger partial charge >= 0.3 is 0 Å². The average Bonchev–Trinajstić information content (AvgIpc) is 3.14. The molecule has 9 heteroatoms. The first-order valence-corrected chi connectivity index (χ1v) is 11.0. The predicted octanol–water partition coefficient (Wildman–Crippen LogP) is 3.56. The van der Waals surface area contributed by atoms with Crippen molar-refractivity contribution in [3.63, 3.8) is 0 Å². The normalized spacial score (nSPS) is 12.3. The van der Waals surface area contributed by atoms with Gasteiger partial charge in [-0.15, -0.1) is 10.2 Å². The van der Waals surface area contributed by atoms with Crippen LogP contribution in [-0.2, 0) is 11.3 Å². The van der Waals surface area contributed by atoms with Crippen LogP contribution in [-0.4, -0.2) is 51.0 Å². The summed E-state index contributed by atoms with van der Waals surface area (Å²) in [4.78, 5) is 14.1. The van der Waals surface area contributed by atoms with E-state index in [4.69, 9.17) is 11.6 Å². The van der Waals surface area contributed by atoms with Gasteiger partial charge in [-0.2, -0.15) is 11.8 Å². The van der Waals surface area contributed by atoms with Crippen molar-refractivity contribution >= 4 is 34.9 Å².